The van der Waals surface area contributed by atoms with Gasteiger partial charge in [-0.25, -0.2) is 0 Å². The van der Waals surface area contributed by atoms with Crippen LogP contribution in [0.1, 0.15) is 38.2 Å². The lowest BCUT2D eigenvalue weighted by molar-refractivity contribution is 0.360. The van der Waals surface area contributed by atoms with E-state index in [4.69, 9.17) is 4.74 Å². The second kappa shape index (κ2) is 7.46. The van der Waals surface area contributed by atoms with Crippen molar-refractivity contribution in [3.05, 3.63) is 28.2 Å². The molecule has 1 N–H and O–H groups in total. The third-order valence-electron chi connectivity index (χ3n) is 4.79. The van der Waals surface area contributed by atoms with Gasteiger partial charge in [0, 0.05) is 10.5 Å². The molecule has 0 radical (unpaired) electrons. The highest BCUT2D eigenvalue weighted by atomic mass is 79.9. The van der Waals surface area contributed by atoms with Crippen molar-refractivity contribution in [1.82, 2.24) is 5.32 Å². The van der Waals surface area contributed by atoms with E-state index >= 15 is 0 Å². The van der Waals surface area contributed by atoms with Gasteiger partial charge >= 0.3 is 0 Å². The van der Waals surface area contributed by atoms with E-state index in [1.54, 1.807) is 7.11 Å². The molecule has 0 saturated heterocycles. The minimum Gasteiger partial charge on any atom is -0.497 e. The minimum atomic E-state index is 0.565. The molecule has 1 saturated carbocycles. The van der Waals surface area contributed by atoms with Crippen LogP contribution in [0.4, 0.5) is 0 Å². The van der Waals surface area contributed by atoms with Gasteiger partial charge in [0.1, 0.15) is 5.75 Å². The van der Waals surface area contributed by atoms with Crippen LogP contribution in [0.3, 0.4) is 0 Å². The maximum Gasteiger partial charge on any atom is 0.119 e. The molecule has 1 aliphatic rings. The fourth-order valence-electron chi connectivity index (χ4n) is 3.43. The monoisotopic (exact) mass is 339 g/mol. The summed E-state index contributed by atoms with van der Waals surface area (Å²) >= 11 is 3.67. The van der Waals surface area contributed by atoms with Gasteiger partial charge < -0.3 is 10.1 Å². The predicted octanol–water partition coefficient (Wildman–Crippen LogP) is 4.41. The van der Waals surface area contributed by atoms with Gasteiger partial charge in [0.05, 0.1) is 7.11 Å². The Morgan fingerprint density at radius 3 is 2.80 bits per heavy atom. The molecule has 0 bridgehead atoms. The van der Waals surface area contributed by atoms with E-state index in [9.17, 15) is 0 Å². The number of halogens is 1. The van der Waals surface area contributed by atoms with Gasteiger partial charge in [0.2, 0.25) is 0 Å². The molecule has 1 aliphatic carbocycles. The van der Waals surface area contributed by atoms with E-state index in [-0.39, 0.29) is 0 Å². The largest absolute Gasteiger partial charge is 0.497 e. The van der Waals surface area contributed by atoms with E-state index in [1.807, 2.05) is 6.07 Å². The molecule has 3 heteroatoms. The molecule has 0 amide bonds. The smallest absolute Gasteiger partial charge is 0.119 e. The van der Waals surface area contributed by atoms with Crippen molar-refractivity contribution >= 4 is 15.9 Å². The Bertz CT molecular complexity index is 435. The summed E-state index contributed by atoms with van der Waals surface area (Å²) in [6, 6.07) is 6.81. The summed E-state index contributed by atoms with van der Waals surface area (Å²) in [5.41, 5.74) is 1.34. The fraction of sp³-hybridized carbons (Fsp3) is 0.647. The van der Waals surface area contributed by atoms with Gasteiger partial charge in [-0.05, 0) is 61.9 Å². The van der Waals surface area contributed by atoms with Crippen LogP contribution in [0.25, 0.3) is 0 Å². The fourth-order valence-corrected chi connectivity index (χ4v) is 3.83. The SMILES string of the molecule is CCC1CCC(C(Cc2cc(OC)ccc2Br)NC)C1. The molecule has 0 heterocycles. The first-order valence-corrected chi connectivity index (χ1v) is 8.46. The molecular weight excluding hydrogens is 314 g/mol. The highest BCUT2D eigenvalue weighted by molar-refractivity contribution is 9.10. The zero-order valence-corrected chi connectivity index (χ0v) is 14.4. The Morgan fingerprint density at radius 2 is 2.20 bits per heavy atom. The number of hydrogen-bond acceptors (Lipinski definition) is 2. The third kappa shape index (κ3) is 3.76. The Balaban J connectivity index is 2.06. The molecule has 0 spiro atoms. The van der Waals surface area contributed by atoms with E-state index in [1.165, 1.54) is 35.7 Å². The Hall–Kier alpha value is -0.540. The van der Waals surface area contributed by atoms with E-state index in [0.29, 0.717) is 6.04 Å². The maximum absolute atomic E-state index is 5.34. The minimum absolute atomic E-state index is 0.565. The first-order chi connectivity index (χ1) is 9.67. The first kappa shape index (κ1) is 15.8. The standard InChI is InChI=1S/C17H26BrNO/c1-4-12-5-6-13(9-12)17(19-2)11-14-10-15(20-3)7-8-16(14)18/h7-8,10,12-13,17,19H,4-6,9,11H2,1-3H3. The summed E-state index contributed by atoms with van der Waals surface area (Å²) < 4.78 is 6.53. The molecule has 2 rings (SSSR count). The van der Waals surface area contributed by atoms with Crippen LogP contribution in [0.2, 0.25) is 0 Å². The summed E-state index contributed by atoms with van der Waals surface area (Å²) in [6.45, 7) is 2.32. The van der Waals surface area contributed by atoms with Crippen LogP contribution in [0, 0.1) is 11.8 Å². The zero-order valence-electron chi connectivity index (χ0n) is 12.8. The number of benzene rings is 1. The topological polar surface area (TPSA) is 21.3 Å². The van der Waals surface area contributed by atoms with Gasteiger partial charge in [-0.3, -0.25) is 0 Å². The van der Waals surface area contributed by atoms with Gasteiger partial charge in [0.15, 0.2) is 0 Å². The molecule has 1 aromatic rings. The van der Waals surface area contributed by atoms with Crippen LogP contribution in [-0.2, 0) is 6.42 Å². The average Bonchev–Trinajstić information content (AvgIpc) is 2.95. The van der Waals surface area contributed by atoms with Gasteiger partial charge in [0.25, 0.3) is 0 Å². The normalized spacial score (nSPS) is 23.8. The van der Waals surface area contributed by atoms with Crippen LogP contribution in [0.5, 0.6) is 5.75 Å². The number of likely N-dealkylation sites (N-methyl/N-ethyl adjacent to an activating group) is 1. The molecule has 0 aromatic heterocycles. The number of nitrogens with one attached hydrogen (secondary N) is 1. The number of hydrogen-bond donors (Lipinski definition) is 1. The van der Waals surface area contributed by atoms with E-state index < -0.39 is 0 Å². The van der Waals surface area contributed by atoms with Crippen molar-refractivity contribution < 1.29 is 4.74 Å². The van der Waals surface area contributed by atoms with Gasteiger partial charge in [-0.2, -0.15) is 0 Å². The Morgan fingerprint density at radius 1 is 1.40 bits per heavy atom. The van der Waals surface area contributed by atoms with Crippen LogP contribution in [0.15, 0.2) is 22.7 Å². The first-order valence-electron chi connectivity index (χ1n) is 7.67. The molecule has 1 fully saturated rings. The summed E-state index contributed by atoms with van der Waals surface area (Å²) in [5, 5.41) is 3.54. The predicted molar refractivity (Wildman–Crippen MR) is 88.4 cm³/mol. The highest BCUT2D eigenvalue weighted by Crippen LogP contribution is 2.36. The molecule has 0 aliphatic heterocycles. The maximum atomic E-state index is 5.34. The van der Waals surface area contributed by atoms with Gasteiger partial charge in [-0.15, -0.1) is 0 Å². The van der Waals surface area contributed by atoms with Crippen LogP contribution in [-0.4, -0.2) is 20.2 Å². The van der Waals surface area contributed by atoms with Crippen LogP contribution < -0.4 is 10.1 Å². The molecule has 2 nitrogen and oxygen atoms in total. The van der Waals surface area contributed by atoms with Crippen molar-refractivity contribution in [2.75, 3.05) is 14.2 Å². The summed E-state index contributed by atoms with van der Waals surface area (Å²) in [5.74, 6) is 2.68. The van der Waals surface area contributed by atoms with Crippen molar-refractivity contribution in [2.24, 2.45) is 11.8 Å². The summed E-state index contributed by atoms with van der Waals surface area (Å²) in [6.07, 6.45) is 6.54. The summed E-state index contributed by atoms with van der Waals surface area (Å²) in [4.78, 5) is 0. The average molecular weight is 340 g/mol. The number of methoxy groups -OCH3 is 1. The van der Waals surface area contributed by atoms with Crippen molar-refractivity contribution in [3.8, 4) is 5.75 Å². The van der Waals surface area contributed by atoms with Crippen molar-refractivity contribution in [1.29, 1.82) is 0 Å². The molecule has 20 heavy (non-hydrogen) atoms. The molecule has 3 atom stereocenters. The molecule has 3 unspecified atom stereocenters. The Labute approximate surface area is 131 Å². The third-order valence-corrected chi connectivity index (χ3v) is 5.57. The summed E-state index contributed by atoms with van der Waals surface area (Å²) in [7, 11) is 3.82. The number of rotatable bonds is 6. The van der Waals surface area contributed by atoms with Crippen molar-refractivity contribution in [3.63, 3.8) is 0 Å². The van der Waals surface area contributed by atoms with Gasteiger partial charge in [-0.1, -0.05) is 35.7 Å². The molecular formula is C17H26BrNO. The second-order valence-corrected chi connectivity index (χ2v) is 6.76. The van der Waals surface area contributed by atoms with E-state index in [2.05, 4.69) is 47.4 Å². The van der Waals surface area contributed by atoms with Crippen LogP contribution >= 0.6 is 15.9 Å². The lowest BCUT2D eigenvalue weighted by Gasteiger charge is -2.24. The van der Waals surface area contributed by atoms with Crippen molar-refractivity contribution in [2.45, 2.75) is 45.1 Å². The quantitative estimate of drug-likeness (QED) is 0.828. The lowest BCUT2D eigenvalue weighted by Crippen LogP contribution is -2.34. The zero-order chi connectivity index (χ0) is 14.5. The second-order valence-electron chi connectivity index (χ2n) is 5.90. The Kier molecular flexibility index (Phi) is 5.91. The highest BCUT2D eigenvalue weighted by Gasteiger charge is 2.29. The molecule has 1 aromatic carbocycles. The lowest BCUT2D eigenvalue weighted by atomic mass is 9.91. The van der Waals surface area contributed by atoms with E-state index in [0.717, 1.165) is 24.0 Å². The number of ether oxygens (including phenoxy) is 1. The molecule has 112 valence electrons.